The normalized spacial score (nSPS) is 14.2. The summed E-state index contributed by atoms with van der Waals surface area (Å²) in [5.41, 5.74) is 7.99. The number of aliphatic hydroxyl groups excluding tert-OH is 1. The van der Waals surface area contributed by atoms with Gasteiger partial charge in [0.15, 0.2) is 6.10 Å². The number of hydrogen-bond acceptors (Lipinski definition) is 4. The van der Waals surface area contributed by atoms with Gasteiger partial charge >= 0.3 is 5.97 Å². The van der Waals surface area contributed by atoms with Crippen molar-refractivity contribution in [2.75, 3.05) is 6.61 Å². The number of carbonyl (C=O) groups is 1. The van der Waals surface area contributed by atoms with Gasteiger partial charge in [-0.1, -0.05) is 12.0 Å². The third-order valence-corrected chi connectivity index (χ3v) is 1.22. The molecule has 0 aliphatic rings. The lowest BCUT2D eigenvalue weighted by atomic mass is 10.2. The zero-order valence-electron chi connectivity index (χ0n) is 6.97. The predicted octanol–water partition coefficient (Wildman–Crippen LogP) is 0.609. The van der Waals surface area contributed by atoms with Gasteiger partial charge in [0.25, 0.3) is 0 Å². The Morgan fingerprint density at radius 1 is 1.83 bits per heavy atom. The number of esters is 1. The molecule has 0 amide bonds. The number of nitrogens with zero attached hydrogens (tertiary/aromatic N) is 3. The third-order valence-electron chi connectivity index (χ3n) is 1.22. The van der Waals surface area contributed by atoms with Gasteiger partial charge in [0.2, 0.25) is 0 Å². The molecule has 0 unspecified atom stereocenters. The summed E-state index contributed by atoms with van der Waals surface area (Å²) in [6, 6.07) is -0.797. The molecule has 0 bridgehead atoms. The van der Waals surface area contributed by atoms with Crippen molar-refractivity contribution in [2.45, 2.75) is 26.0 Å². The van der Waals surface area contributed by atoms with Gasteiger partial charge in [-0.2, -0.15) is 0 Å². The van der Waals surface area contributed by atoms with E-state index in [0.717, 1.165) is 0 Å². The van der Waals surface area contributed by atoms with Crippen LogP contribution in [0.5, 0.6) is 0 Å². The summed E-state index contributed by atoms with van der Waals surface area (Å²) in [4.78, 5) is 13.3. The molecule has 0 spiro atoms. The fraction of sp³-hybridized carbons (Fsp3) is 0.833. The second-order valence-electron chi connectivity index (χ2n) is 2.14. The van der Waals surface area contributed by atoms with Crippen LogP contribution in [0.2, 0.25) is 0 Å². The van der Waals surface area contributed by atoms with E-state index in [1.165, 1.54) is 6.92 Å². The topological polar surface area (TPSA) is 95.3 Å². The van der Waals surface area contributed by atoms with Crippen molar-refractivity contribution < 1.29 is 14.6 Å². The highest BCUT2D eigenvalue weighted by molar-refractivity contribution is 5.75. The zero-order chi connectivity index (χ0) is 9.56. The van der Waals surface area contributed by atoms with Crippen LogP contribution in [0.1, 0.15) is 13.8 Å². The Morgan fingerprint density at radius 2 is 2.42 bits per heavy atom. The second-order valence-corrected chi connectivity index (χ2v) is 2.14. The van der Waals surface area contributed by atoms with Crippen molar-refractivity contribution in [3.05, 3.63) is 10.4 Å². The van der Waals surface area contributed by atoms with E-state index >= 15 is 0 Å². The fourth-order valence-electron chi connectivity index (χ4n) is 0.569. The highest BCUT2D eigenvalue weighted by Crippen LogP contribution is 2.00. The van der Waals surface area contributed by atoms with Crippen molar-refractivity contribution >= 4 is 5.97 Å². The molecule has 68 valence electrons. The van der Waals surface area contributed by atoms with Gasteiger partial charge in [-0.25, -0.2) is 4.79 Å². The van der Waals surface area contributed by atoms with Crippen LogP contribution in [-0.2, 0) is 9.53 Å². The summed E-state index contributed by atoms with van der Waals surface area (Å²) in [6.45, 7) is 3.25. The molecule has 1 N–H and O–H groups in total. The Balaban J connectivity index is 4.08. The minimum absolute atomic E-state index is 0.193. The number of azide groups is 1. The first-order valence-corrected chi connectivity index (χ1v) is 3.52. The van der Waals surface area contributed by atoms with E-state index in [9.17, 15) is 4.79 Å². The summed E-state index contributed by atoms with van der Waals surface area (Å²) in [5, 5.41) is 12.3. The quantitative estimate of drug-likeness (QED) is 0.292. The van der Waals surface area contributed by atoms with Crippen LogP contribution in [-0.4, -0.2) is 29.8 Å². The average Bonchev–Trinajstić information content (AvgIpc) is 2.04. The molecule has 0 aliphatic carbocycles. The van der Waals surface area contributed by atoms with E-state index in [0.29, 0.717) is 0 Å². The number of hydrogen-bond donors (Lipinski definition) is 1. The van der Waals surface area contributed by atoms with Gasteiger partial charge in [0, 0.05) is 4.91 Å². The van der Waals surface area contributed by atoms with Crippen LogP contribution in [0, 0.1) is 0 Å². The Bertz CT molecular complexity index is 200. The maximum Gasteiger partial charge on any atom is 0.335 e. The highest BCUT2D eigenvalue weighted by Gasteiger charge is 2.22. The lowest BCUT2D eigenvalue weighted by Gasteiger charge is -2.11. The third kappa shape index (κ3) is 3.23. The Hall–Kier alpha value is -1.26. The second kappa shape index (κ2) is 5.40. The molecular weight excluding hydrogens is 162 g/mol. The molecule has 12 heavy (non-hydrogen) atoms. The molecule has 2 atom stereocenters. The first kappa shape index (κ1) is 10.7. The van der Waals surface area contributed by atoms with E-state index in [4.69, 9.17) is 10.6 Å². The van der Waals surface area contributed by atoms with Gasteiger partial charge in [-0.15, -0.1) is 0 Å². The smallest absolute Gasteiger partial charge is 0.335 e. The minimum Gasteiger partial charge on any atom is -0.464 e. The SMILES string of the molecule is CCOC(=O)[C@H](O)[C@@H](C)N=[N+]=[N-]. The van der Waals surface area contributed by atoms with Crippen molar-refractivity contribution in [3.8, 4) is 0 Å². The summed E-state index contributed by atoms with van der Waals surface area (Å²) in [7, 11) is 0. The Labute approximate surface area is 69.8 Å². The summed E-state index contributed by atoms with van der Waals surface area (Å²) in [6.07, 6.45) is -1.37. The molecule has 0 radical (unpaired) electrons. The first-order valence-electron chi connectivity index (χ1n) is 3.52. The molecular formula is C6H11N3O3. The van der Waals surface area contributed by atoms with Crippen LogP contribution in [0.4, 0.5) is 0 Å². The van der Waals surface area contributed by atoms with E-state index in [1.54, 1.807) is 6.92 Å². The van der Waals surface area contributed by atoms with Crippen molar-refractivity contribution in [1.29, 1.82) is 0 Å². The first-order chi connectivity index (χ1) is 5.63. The van der Waals surface area contributed by atoms with Gasteiger partial charge in [-0.3, -0.25) is 0 Å². The maximum absolute atomic E-state index is 10.8. The van der Waals surface area contributed by atoms with Crippen molar-refractivity contribution in [2.24, 2.45) is 5.11 Å². The molecule has 6 nitrogen and oxygen atoms in total. The van der Waals surface area contributed by atoms with Crippen LogP contribution in [0.15, 0.2) is 5.11 Å². The number of rotatable bonds is 4. The Kier molecular flexibility index (Phi) is 4.83. The van der Waals surface area contributed by atoms with E-state index in [2.05, 4.69) is 14.8 Å². The molecule has 0 aromatic heterocycles. The van der Waals surface area contributed by atoms with Gasteiger partial charge in [-0.05, 0) is 12.5 Å². The molecule has 0 aromatic carbocycles. The molecule has 0 aliphatic heterocycles. The molecule has 0 fully saturated rings. The van der Waals surface area contributed by atoms with E-state index in [1.807, 2.05) is 0 Å². The van der Waals surface area contributed by atoms with Crippen molar-refractivity contribution in [3.63, 3.8) is 0 Å². The van der Waals surface area contributed by atoms with Crippen molar-refractivity contribution in [1.82, 2.24) is 0 Å². The van der Waals surface area contributed by atoms with Gasteiger partial charge in [0.1, 0.15) is 0 Å². The monoisotopic (exact) mass is 173 g/mol. The fourth-order valence-corrected chi connectivity index (χ4v) is 0.569. The lowest BCUT2D eigenvalue weighted by Crippen LogP contribution is -2.32. The average molecular weight is 173 g/mol. The number of carbonyl (C=O) groups excluding carboxylic acids is 1. The lowest BCUT2D eigenvalue weighted by molar-refractivity contribution is -0.153. The molecule has 6 heteroatoms. The standard InChI is InChI=1S/C6H11N3O3/c1-3-12-6(11)5(10)4(2)8-9-7/h4-5,10H,3H2,1-2H3/t4-,5-/m1/s1. The maximum atomic E-state index is 10.8. The molecule has 0 aromatic rings. The summed E-state index contributed by atoms with van der Waals surface area (Å²) >= 11 is 0. The number of aliphatic hydroxyl groups is 1. The van der Waals surface area contributed by atoms with Gasteiger partial charge < -0.3 is 9.84 Å². The summed E-state index contributed by atoms with van der Waals surface area (Å²) in [5.74, 6) is -0.766. The van der Waals surface area contributed by atoms with Gasteiger partial charge in [0.05, 0.1) is 12.6 Å². The molecule has 0 saturated carbocycles. The van der Waals surface area contributed by atoms with Crippen LogP contribution < -0.4 is 0 Å². The van der Waals surface area contributed by atoms with Crippen LogP contribution in [0.3, 0.4) is 0 Å². The summed E-state index contributed by atoms with van der Waals surface area (Å²) < 4.78 is 4.50. The molecule has 0 saturated heterocycles. The predicted molar refractivity (Wildman–Crippen MR) is 41.2 cm³/mol. The highest BCUT2D eigenvalue weighted by atomic mass is 16.5. The van der Waals surface area contributed by atoms with Crippen LogP contribution in [0.25, 0.3) is 10.4 Å². The van der Waals surface area contributed by atoms with E-state index in [-0.39, 0.29) is 6.61 Å². The zero-order valence-corrected chi connectivity index (χ0v) is 6.97. The van der Waals surface area contributed by atoms with E-state index < -0.39 is 18.1 Å². The molecule has 0 rings (SSSR count). The number of ether oxygens (including phenoxy) is 1. The van der Waals surface area contributed by atoms with Crippen LogP contribution >= 0.6 is 0 Å². The minimum atomic E-state index is -1.37. The largest absolute Gasteiger partial charge is 0.464 e. The Morgan fingerprint density at radius 3 is 2.83 bits per heavy atom. The molecule has 0 heterocycles.